The zero-order valence-electron chi connectivity index (χ0n) is 9.21. The first kappa shape index (κ1) is 15.7. The predicted molar refractivity (Wildman–Crippen MR) is 66.5 cm³/mol. The predicted octanol–water partition coefficient (Wildman–Crippen LogP) is 2.92. The summed E-state index contributed by atoms with van der Waals surface area (Å²) in [5.74, 6) is -0.434. The van der Waals surface area contributed by atoms with Gasteiger partial charge in [-0.3, -0.25) is 0 Å². The zero-order valence-corrected chi connectivity index (χ0v) is 10.8. The van der Waals surface area contributed by atoms with Crippen LogP contribution in [0.25, 0.3) is 0 Å². The molecule has 16 heavy (non-hydrogen) atoms. The molecule has 1 rings (SSSR count). The Morgan fingerprint density at radius 3 is 2.50 bits per heavy atom. The van der Waals surface area contributed by atoms with Crippen molar-refractivity contribution in [3.63, 3.8) is 0 Å². The van der Waals surface area contributed by atoms with E-state index in [2.05, 4.69) is 0 Å². The Labute approximate surface area is 106 Å². The van der Waals surface area contributed by atoms with E-state index in [1.54, 1.807) is 19.9 Å². The Balaban J connectivity index is 0.00000225. The molecule has 0 saturated heterocycles. The fraction of sp³-hybridized carbons (Fsp3) is 0.455. The van der Waals surface area contributed by atoms with Crippen LogP contribution in [0.5, 0.6) is 0 Å². The van der Waals surface area contributed by atoms with E-state index in [9.17, 15) is 4.39 Å². The van der Waals surface area contributed by atoms with Crippen molar-refractivity contribution >= 4 is 24.0 Å². The van der Waals surface area contributed by atoms with E-state index >= 15 is 0 Å². The van der Waals surface area contributed by atoms with Crippen molar-refractivity contribution in [2.24, 2.45) is 11.1 Å². The van der Waals surface area contributed by atoms with Crippen LogP contribution in [-0.4, -0.2) is 11.7 Å². The van der Waals surface area contributed by atoms with Gasteiger partial charge in [-0.1, -0.05) is 31.5 Å². The van der Waals surface area contributed by atoms with Gasteiger partial charge < -0.3 is 10.8 Å². The number of aliphatic hydroxyl groups is 1. The first-order valence-corrected chi connectivity index (χ1v) is 5.08. The van der Waals surface area contributed by atoms with Crippen LogP contribution in [0.15, 0.2) is 18.2 Å². The molecular weight excluding hydrogens is 252 g/mol. The van der Waals surface area contributed by atoms with Crippen LogP contribution >= 0.6 is 24.0 Å². The van der Waals surface area contributed by atoms with Crippen molar-refractivity contribution in [3.05, 3.63) is 34.6 Å². The molecule has 0 aliphatic heterocycles. The molecule has 0 radical (unpaired) electrons. The Morgan fingerprint density at radius 2 is 2.06 bits per heavy atom. The number of hydrogen-bond donors (Lipinski definition) is 2. The molecule has 92 valence electrons. The van der Waals surface area contributed by atoms with Crippen LogP contribution in [0.2, 0.25) is 5.02 Å². The summed E-state index contributed by atoms with van der Waals surface area (Å²) in [6.45, 7) is 3.40. The second-order valence-electron chi connectivity index (χ2n) is 4.26. The highest BCUT2D eigenvalue weighted by Crippen LogP contribution is 2.35. The van der Waals surface area contributed by atoms with Gasteiger partial charge in [0.2, 0.25) is 0 Å². The minimum absolute atomic E-state index is 0. The number of aliphatic hydroxyl groups excluding tert-OH is 1. The normalized spacial score (nSPS) is 13.1. The molecule has 0 spiro atoms. The first-order chi connectivity index (χ1) is 6.90. The molecule has 0 bridgehead atoms. The Hall–Kier alpha value is -0.350. The van der Waals surface area contributed by atoms with Gasteiger partial charge in [0.05, 0.1) is 0 Å². The highest BCUT2D eigenvalue weighted by Gasteiger charge is 2.30. The molecule has 1 aromatic carbocycles. The molecule has 0 aliphatic rings. The van der Waals surface area contributed by atoms with Crippen LogP contribution < -0.4 is 5.73 Å². The molecule has 0 aliphatic carbocycles. The minimum atomic E-state index is -0.629. The third-order valence-corrected chi connectivity index (χ3v) is 2.89. The molecule has 0 heterocycles. The van der Waals surface area contributed by atoms with E-state index in [1.807, 2.05) is 0 Å². The maximum atomic E-state index is 13.5. The fourth-order valence-electron chi connectivity index (χ4n) is 1.30. The van der Waals surface area contributed by atoms with Crippen molar-refractivity contribution in [2.45, 2.75) is 19.9 Å². The lowest BCUT2D eigenvalue weighted by Gasteiger charge is -2.30. The highest BCUT2D eigenvalue weighted by atomic mass is 35.5. The van der Waals surface area contributed by atoms with Gasteiger partial charge in [-0.2, -0.15) is 0 Å². The minimum Gasteiger partial charge on any atom is -0.396 e. The van der Waals surface area contributed by atoms with Crippen molar-refractivity contribution < 1.29 is 9.50 Å². The molecule has 5 heteroatoms. The van der Waals surface area contributed by atoms with E-state index in [0.29, 0.717) is 5.02 Å². The Bertz CT molecular complexity index is 338. The molecule has 0 unspecified atom stereocenters. The number of benzene rings is 1. The number of nitrogens with two attached hydrogens (primary N) is 1. The van der Waals surface area contributed by atoms with Gasteiger partial charge in [-0.25, -0.2) is 4.39 Å². The van der Waals surface area contributed by atoms with Crippen LogP contribution in [0.1, 0.15) is 25.5 Å². The van der Waals surface area contributed by atoms with Crippen molar-refractivity contribution in [3.8, 4) is 0 Å². The first-order valence-electron chi connectivity index (χ1n) is 4.70. The van der Waals surface area contributed by atoms with Crippen molar-refractivity contribution in [2.75, 3.05) is 6.61 Å². The monoisotopic (exact) mass is 267 g/mol. The molecule has 0 aromatic heterocycles. The molecule has 2 nitrogen and oxygen atoms in total. The number of rotatable bonds is 3. The van der Waals surface area contributed by atoms with E-state index in [4.69, 9.17) is 22.4 Å². The van der Waals surface area contributed by atoms with E-state index in [0.717, 1.165) is 0 Å². The third kappa shape index (κ3) is 3.08. The summed E-state index contributed by atoms with van der Waals surface area (Å²) >= 11 is 5.89. The largest absolute Gasteiger partial charge is 0.396 e. The van der Waals surface area contributed by atoms with Crippen LogP contribution in [0.3, 0.4) is 0 Å². The SMILES string of the molecule is CC(C)(CO)[C@@H](N)c1c(F)cccc1Cl.Cl. The lowest BCUT2D eigenvalue weighted by molar-refractivity contribution is 0.131. The molecule has 1 aromatic rings. The summed E-state index contributed by atoms with van der Waals surface area (Å²) in [5, 5.41) is 9.46. The maximum Gasteiger partial charge on any atom is 0.129 e. The quantitative estimate of drug-likeness (QED) is 0.885. The van der Waals surface area contributed by atoms with Crippen LogP contribution in [-0.2, 0) is 0 Å². The van der Waals surface area contributed by atoms with Gasteiger partial charge in [-0.05, 0) is 12.1 Å². The Kier molecular flexibility index (Phi) is 5.70. The van der Waals surface area contributed by atoms with E-state index in [1.165, 1.54) is 12.1 Å². The van der Waals surface area contributed by atoms with Gasteiger partial charge in [0, 0.05) is 28.6 Å². The van der Waals surface area contributed by atoms with Gasteiger partial charge >= 0.3 is 0 Å². The van der Waals surface area contributed by atoms with E-state index in [-0.39, 0.29) is 24.6 Å². The summed E-state index contributed by atoms with van der Waals surface area (Å²) in [6, 6.07) is 3.80. The Morgan fingerprint density at radius 1 is 1.50 bits per heavy atom. The molecule has 3 N–H and O–H groups in total. The highest BCUT2D eigenvalue weighted by molar-refractivity contribution is 6.31. The van der Waals surface area contributed by atoms with Gasteiger partial charge in [0.15, 0.2) is 0 Å². The van der Waals surface area contributed by atoms with Crippen molar-refractivity contribution in [1.29, 1.82) is 0 Å². The lowest BCUT2D eigenvalue weighted by Crippen LogP contribution is -2.33. The summed E-state index contributed by atoms with van der Waals surface area (Å²) < 4.78 is 13.5. The summed E-state index contributed by atoms with van der Waals surface area (Å²) in [7, 11) is 0. The third-order valence-electron chi connectivity index (χ3n) is 2.56. The van der Waals surface area contributed by atoms with Gasteiger partial charge in [-0.15, -0.1) is 12.4 Å². The maximum absolute atomic E-state index is 13.5. The molecule has 0 saturated carbocycles. The summed E-state index contributed by atoms with van der Waals surface area (Å²) in [6.07, 6.45) is 0. The molecule has 1 atom stereocenters. The smallest absolute Gasteiger partial charge is 0.129 e. The topological polar surface area (TPSA) is 46.2 Å². The van der Waals surface area contributed by atoms with E-state index < -0.39 is 17.3 Å². The average molecular weight is 268 g/mol. The number of halogens is 3. The average Bonchev–Trinajstić information content (AvgIpc) is 2.17. The fourth-order valence-corrected chi connectivity index (χ4v) is 1.58. The van der Waals surface area contributed by atoms with Crippen LogP contribution in [0.4, 0.5) is 4.39 Å². The molecular formula is C11H16Cl2FNO. The standard InChI is InChI=1S/C11H15ClFNO.ClH/c1-11(2,6-15)10(14)9-7(12)4-3-5-8(9)13;/h3-5,10,15H,6,14H2,1-2H3;1H/t10-;/m0./s1. The van der Waals surface area contributed by atoms with Gasteiger partial charge in [0.1, 0.15) is 5.82 Å². The van der Waals surface area contributed by atoms with Gasteiger partial charge in [0.25, 0.3) is 0 Å². The molecule has 0 fully saturated rings. The second-order valence-corrected chi connectivity index (χ2v) is 4.67. The number of hydrogen-bond acceptors (Lipinski definition) is 2. The zero-order chi connectivity index (χ0) is 11.6. The molecule has 0 amide bonds. The van der Waals surface area contributed by atoms with Crippen LogP contribution in [0, 0.1) is 11.2 Å². The summed E-state index contributed by atoms with van der Waals surface area (Å²) in [4.78, 5) is 0. The second kappa shape index (κ2) is 5.82. The summed E-state index contributed by atoms with van der Waals surface area (Å²) in [5.41, 5.74) is 5.56. The lowest BCUT2D eigenvalue weighted by atomic mass is 9.81. The van der Waals surface area contributed by atoms with Crippen molar-refractivity contribution in [1.82, 2.24) is 0 Å².